The quantitative estimate of drug-likeness (QED) is 0.723. The predicted molar refractivity (Wildman–Crippen MR) is 57.0 cm³/mol. The van der Waals surface area contributed by atoms with E-state index in [1.807, 2.05) is 27.7 Å². The average Bonchev–Trinajstić information content (AvgIpc) is 2.26. The first-order chi connectivity index (χ1) is 6.28. The molecule has 14 heavy (non-hydrogen) atoms. The highest BCUT2D eigenvalue weighted by Gasteiger charge is 2.48. The lowest BCUT2D eigenvalue weighted by atomic mass is 9.77. The molecule has 3 N–H and O–H groups in total. The van der Waals surface area contributed by atoms with Crippen molar-refractivity contribution >= 4 is 0 Å². The summed E-state index contributed by atoms with van der Waals surface area (Å²) in [6.45, 7) is 8.74. The lowest BCUT2D eigenvalue weighted by molar-refractivity contribution is -0.0204. The maximum absolute atomic E-state index is 9.85. The second-order valence-corrected chi connectivity index (χ2v) is 5.28. The Morgan fingerprint density at radius 3 is 2.36 bits per heavy atom. The summed E-state index contributed by atoms with van der Waals surface area (Å²) in [7, 11) is 0. The smallest absolute Gasteiger partial charge is 0.0806 e. The van der Waals surface area contributed by atoms with Gasteiger partial charge in [0.25, 0.3) is 0 Å². The Kier molecular flexibility index (Phi) is 3.24. The number of hydrogen-bond acceptors (Lipinski definition) is 3. The van der Waals surface area contributed by atoms with Gasteiger partial charge in [-0.1, -0.05) is 13.8 Å². The van der Waals surface area contributed by atoms with E-state index in [4.69, 9.17) is 10.5 Å². The van der Waals surface area contributed by atoms with Crippen LogP contribution in [0.2, 0.25) is 0 Å². The standard InChI is InChI=1S/C11H23NO2/c1-8(2)9(13)7-11(12)5-6-14-10(11,3)4/h8-9,13H,5-7,12H2,1-4H3. The van der Waals surface area contributed by atoms with Gasteiger partial charge >= 0.3 is 0 Å². The van der Waals surface area contributed by atoms with Gasteiger partial charge in [0, 0.05) is 12.1 Å². The van der Waals surface area contributed by atoms with Crippen LogP contribution in [0.1, 0.15) is 40.5 Å². The number of rotatable bonds is 3. The zero-order valence-corrected chi connectivity index (χ0v) is 9.71. The summed E-state index contributed by atoms with van der Waals surface area (Å²) in [6.07, 6.45) is 1.13. The lowest BCUT2D eigenvalue weighted by Gasteiger charge is -2.38. The van der Waals surface area contributed by atoms with Crippen LogP contribution in [0.4, 0.5) is 0 Å². The highest BCUT2D eigenvalue weighted by atomic mass is 16.5. The number of hydrogen-bond donors (Lipinski definition) is 2. The summed E-state index contributed by atoms with van der Waals surface area (Å²) >= 11 is 0. The molecule has 0 aromatic heterocycles. The third kappa shape index (κ3) is 2.10. The van der Waals surface area contributed by atoms with Crippen LogP contribution >= 0.6 is 0 Å². The van der Waals surface area contributed by atoms with Gasteiger partial charge in [0.15, 0.2) is 0 Å². The molecule has 0 aromatic carbocycles. The lowest BCUT2D eigenvalue weighted by Crippen LogP contribution is -2.56. The molecule has 1 saturated heterocycles. The van der Waals surface area contributed by atoms with Crippen molar-refractivity contribution in [3.8, 4) is 0 Å². The number of aliphatic hydroxyl groups excluding tert-OH is 1. The molecule has 2 unspecified atom stereocenters. The Bertz CT molecular complexity index is 203. The Morgan fingerprint density at radius 2 is 2.00 bits per heavy atom. The Morgan fingerprint density at radius 1 is 1.43 bits per heavy atom. The largest absolute Gasteiger partial charge is 0.393 e. The molecule has 3 nitrogen and oxygen atoms in total. The second kappa shape index (κ2) is 3.80. The van der Waals surface area contributed by atoms with Crippen molar-refractivity contribution < 1.29 is 9.84 Å². The minimum absolute atomic E-state index is 0.256. The molecule has 0 saturated carbocycles. The van der Waals surface area contributed by atoms with E-state index in [1.165, 1.54) is 0 Å². The van der Waals surface area contributed by atoms with Crippen LogP contribution < -0.4 is 5.73 Å². The van der Waals surface area contributed by atoms with E-state index in [9.17, 15) is 5.11 Å². The first kappa shape index (κ1) is 12.0. The average molecular weight is 201 g/mol. The highest BCUT2D eigenvalue weighted by molar-refractivity contribution is 5.04. The third-order valence-corrected chi connectivity index (χ3v) is 3.55. The van der Waals surface area contributed by atoms with Gasteiger partial charge in [0.2, 0.25) is 0 Å². The van der Waals surface area contributed by atoms with Gasteiger partial charge in [0.1, 0.15) is 0 Å². The highest BCUT2D eigenvalue weighted by Crippen LogP contribution is 2.37. The minimum atomic E-state index is -0.378. The van der Waals surface area contributed by atoms with Crippen LogP contribution in [0.3, 0.4) is 0 Å². The summed E-state index contributed by atoms with van der Waals surface area (Å²) in [5.74, 6) is 0.256. The predicted octanol–water partition coefficient (Wildman–Crippen LogP) is 1.29. The third-order valence-electron chi connectivity index (χ3n) is 3.55. The zero-order valence-electron chi connectivity index (χ0n) is 9.71. The molecule has 1 rings (SSSR count). The Hall–Kier alpha value is -0.120. The molecule has 3 heteroatoms. The van der Waals surface area contributed by atoms with Crippen molar-refractivity contribution in [2.45, 2.75) is 57.8 Å². The van der Waals surface area contributed by atoms with Crippen molar-refractivity contribution in [3.63, 3.8) is 0 Å². The van der Waals surface area contributed by atoms with Gasteiger partial charge in [-0.25, -0.2) is 0 Å². The molecule has 0 amide bonds. The molecule has 1 aliphatic rings. The Labute approximate surface area is 86.6 Å². The van der Waals surface area contributed by atoms with E-state index in [-0.39, 0.29) is 23.2 Å². The van der Waals surface area contributed by atoms with Crippen LogP contribution in [0.25, 0.3) is 0 Å². The van der Waals surface area contributed by atoms with E-state index in [0.29, 0.717) is 13.0 Å². The van der Waals surface area contributed by atoms with Crippen LogP contribution in [-0.2, 0) is 4.74 Å². The molecule has 0 radical (unpaired) electrons. The maximum atomic E-state index is 9.85. The molecule has 2 atom stereocenters. The van der Waals surface area contributed by atoms with Crippen molar-refractivity contribution in [2.75, 3.05) is 6.61 Å². The monoisotopic (exact) mass is 201 g/mol. The summed E-state index contributed by atoms with van der Waals surface area (Å²) < 4.78 is 5.60. The van der Waals surface area contributed by atoms with Gasteiger partial charge in [-0.3, -0.25) is 0 Å². The molecule has 1 fully saturated rings. The van der Waals surface area contributed by atoms with Gasteiger partial charge < -0.3 is 15.6 Å². The fourth-order valence-electron chi connectivity index (χ4n) is 1.89. The topological polar surface area (TPSA) is 55.5 Å². The summed E-state index contributed by atoms with van der Waals surface area (Å²) in [5.41, 5.74) is 5.60. The first-order valence-electron chi connectivity index (χ1n) is 5.39. The van der Waals surface area contributed by atoms with Crippen molar-refractivity contribution in [1.82, 2.24) is 0 Å². The van der Waals surface area contributed by atoms with Crippen LogP contribution in [0.15, 0.2) is 0 Å². The van der Waals surface area contributed by atoms with E-state index in [0.717, 1.165) is 6.42 Å². The summed E-state index contributed by atoms with van der Waals surface area (Å²) in [5, 5.41) is 9.85. The van der Waals surface area contributed by atoms with E-state index in [1.54, 1.807) is 0 Å². The van der Waals surface area contributed by atoms with E-state index >= 15 is 0 Å². The van der Waals surface area contributed by atoms with Gasteiger partial charge in [0.05, 0.1) is 11.7 Å². The van der Waals surface area contributed by atoms with E-state index in [2.05, 4.69) is 0 Å². The number of aliphatic hydroxyl groups is 1. The first-order valence-corrected chi connectivity index (χ1v) is 5.39. The van der Waals surface area contributed by atoms with Crippen LogP contribution in [-0.4, -0.2) is 29.0 Å². The van der Waals surface area contributed by atoms with Crippen molar-refractivity contribution in [2.24, 2.45) is 11.7 Å². The fourth-order valence-corrected chi connectivity index (χ4v) is 1.89. The van der Waals surface area contributed by atoms with Crippen molar-refractivity contribution in [3.05, 3.63) is 0 Å². The van der Waals surface area contributed by atoms with E-state index < -0.39 is 0 Å². The fraction of sp³-hybridized carbons (Fsp3) is 1.00. The second-order valence-electron chi connectivity index (χ2n) is 5.28. The number of ether oxygens (including phenoxy) is 1. The van der Waals surface area contributed by atoms with Crippen LogP contribution in [0, 0.1) is 5.92 Å². The normalized spacial score (nSPS) is 33.6. The molecule has 1 aliphatic heterocycles. The molecular formula is C11H23NO2. The molecule has 84 valence electrons. The zero-order chi connectivity index (χ0) is 11.0. The van der Waals surface area contributed by atoms with Crippen molar-refractivity contribution in [1.29, 1.82) is 0 Å². The molecule has 0 spiro atoms. The molecule has 0 bridgehead atoms. The SMILES string of the molecule is CC(C)C(O)CC1(N)CCOC1(C)C. The number of nitrogens with two attached hydrogens (primary N) is 1. The van der Waals surface area contributed by atoms with Gasteiger partial charge in [-0.15, -0.1) is 0 Å². The molecular weight excluding hydrogens is 178 g/mol. The minimum Gasteiger partial charge on any atom is -0.393 e. The maximum Gasteiger partial charge on any atom is 0.0806 e. The molecule has 0 aromatic rings. The van der Waals surface area contributed by atoms with Gasteiger partial charge in [-0.05, 0) is 32.6 Å². The Balaban J connectivity index is 2.66. The summed E-state index contributed by atoms with van der Waals surface area (Å²) in [6, 6.07) is 0. The molecule has 1 heterocycles. The van der Waals surface area contributed by atoms with Gasteiger partial charge in [-0.2, -0.15) is 0 Å². The molecule has 0 aliphatic carbocycles. The summed E-state index contributed by atoms with van der Waals surface area (Å²) in [4.78, 5) is 0. The van der Waals surface area contributed by atoms with Crippen LogP contribution in [0.5, 0.6) is 0 Å².